The minimum Gasteiger partial charge on any atom is -0.339 e. The van der Waals surface area contributed by atoms with Crippen LogP contribution in [0, 0.1) is 5.92 Å². The van der Waals surface area contributed by atoms with E-state index in [0.29, 0.717) is 37.0 Å². The number of amides is 3. The molecule has 1 aromatic heterocycles. The number of hydrogen-bond donors (Lipinski definition) is 0. The largest absolute Gasteiger partial charge is 0.339 e. The molecule has 2 fully saturated rings. The highest BCUT2D eigenvalue weighted by molar-refractivity contribution is 7.14. The fourth-order valence-electron chi connectivity index (χ4n) is 3.46. The van der Waals surface area contributed by atoms with Gasteiger partial charge < -0.3 is 9.80 Å². The zero-order valence-electron chi connectivity index (χ0n) is 16.9. The van der Waals surface area contributed by atoms with E-state index in [1.807, 2.05) is 40.6 Å². The first kappa shape index (κ1) is 20.3. The number of carbonyl (C=O) groups excluding carboxylic acids is 3. The van der Waals surface area contributed by atoms with Crippen LogP contribution in [0.15, 0.2) is 41.8 Å². The predicted octanol–water partition coefficient (Wildman–Crippen LogP) is 2.92. The Morgan fingerprint density at radius 3 is 2.37 bits per heavy atom. The Kier molecular flexibility index (Phi) is 5.94. The normalized spacial score (nSPS) is 16.7. The van der Waals surface area contributed by atoms with Gasteiger partial charge in [0.15, 0.2) is 5.13 Å². The summed E-state index contributed by atoms with van der Waals surface area (Å²) in [6, 6.07) is 9.35. The monoisotopic (exact) mass is 424 g/mol. The topological polar surface area (TPSA) is 73.8 Å². The van der Waals surface area contributed by atoms with E-state index in [2.05, 4.69) is 4.98 Å². The Hall–Kier alpha value is -3.00. The predicted molar refractivity (Wildman–Crippen MR) is 116 cm³/mol. The van der Waals surface area contributed by atoms with Gasteiger partial charge in [-0.2, -0.15) is 0 Å². The molecule has 0 spiro atoms. The highest BCUT2D eigenvalue weighted by Crippen LogP contribution is 2.31. The van der Waals surface area contributed by atoms with Gasteiger partial charge in [0, 0.05) is 50.5 Å². The second kappa shape index (κ2) is 8.79. The molecule has 30 heavy (non-hydrogen) atoms. The van der Waals surface area contributed by atoms with E-state index in [0.717, 1.165) is 18.5 Å². The highest BCUT2D eigenvalue weighted by atomic mass is 32.1. The van der Waals surface area contributed by atoms with Crippen molar-refractivity contribution in [3.63, 3.8) is 0 Å². The molecule has 156 valence electrons. The second-order valence-electron chi connectivity index (χ2n) is 7.50. The Balaban J connectivity index is 1.36. The third-order valence-electron chi connectivity index (χ3n) is 5.26. The van der Waals surface area contributed by atoms with Gasteiger partial charge in [0.1, 0.15) is 0 Å². The average Bonchev–Trinajstić information content (AvgIpc) is 3.51. The van der Waals surface area contributed by atoms with Crippen LogP contribution in [0.2, 0.25) is 0 Å². The number of aromatic nitrogens is 1. The molecule has 1 aromatic carbocycles. The standard InChI is InChI=1S/C22H24N4O3S/c1-16(27)26(19-5-3-2-4-6-19)22-23-18(15-30-22)9-10-20(28)24-11-13-25(14-12-24)21(29)17-7-8-17/h2-6,9-10,15,17H,7-8,11-14H2,1H3. The fraction of sp³-hybridized carbons (Fsp3) is 0.364. The zero-order chi connectivity index (χ0) is 21.1. The van der Waals surface area contributed by atoms with Crippen LogP contribution >= 0.6 is 11.3 Å². The van der Waals surface area contributed by atoms with Gasteiger partial charge in [-0.25, -0.2) is 4.98 Å². The first-order valence-corrected chi connectivity index (χ1v) is 11.0. The van der Waals surface area contributed by atoms with Gasteiger partial charge in [-0.15, -0.1) is 11.3 Å². The molecule has 4 rings (SSSR count). The quantitative estimate of drug-likeness (QED) is 0.692. The molecule has 0 radical (unpaired) electrons. The number of benzene rings is 1. The number of anilines is 2. The van der Waals surface area contributed by atoms with E-state index >= 15 is 0 Å². The first-order valence-electron chi connectivity index (χ1n) is 10.1. The molecular weight excluding hydrogens is 400 g/mol. The summed E-state index contributed by atoms with van der Waals surface area (Å²) in [6.07, 6.45) is 5.19. The van der Waals surface area contributed by atoms with Gasteiger partial charge in [-0.3, -0.25) is 19.3 Å². The molecule has 1 aliphatic carbocycles. The maximum atomic E-state index is 12.5. The molecule has 7 nitrogen and oxygen atoms in total. The van der Waals surface area contributed by atoms with E-state index in [9.17, 15) is 14.4 Å². The van der Waals surface area contributed by atoms with Crippen molar-refractivity contribution >= 4 is 46.0 Å². The Morgan fingerprint density at radius 2 is 1.73 bits per heavy atom. The first-order chi connectivity index (χ1) is 14.5. The number of thiazole rings is 1. The summed E-state index contributed by atoms with van der Waals surface area (Å²) in [5, 5.41) is 2.39. The number of rotatable bonds is 5. The number of carbonyl (C=O) groups is 3. The van der Waals surface area contributed by atoms with Crippen molar-refractivity contribution in [1.29, 1.82) is 0 Å². The van der Waals surface area contributed by atoms with Crippen LogP contribution in [-0.4, -0.2) is 58.7 Å². The molecule has 2 aliphatic rings. The smallest absolute Gasteiger partial charge is 0.246 e. The van der Waals surface area contributed by atoms with Crippen LogP contribution in [0.1, 0.15) is 25.5 Å². The molecule has 1 saturated carbocycles. The van der Waals surface area contributed by atoms with Crippen LogP contribution in [0.5, 0.6) is 0 Å². The molecule has 8 heteroatoms. The van der Waals surface area contributed by atoms with Crippen LogP contribution < -0.4 is 4.90 Å². The Morgan fingerprint density at radius 1 is 1.07 bits per heavy atom. The minimum atomic E-state index is -0.124. The summed E-state index contributed by atoms with van der Waals surface area (Å²) in [7, 11) is 0. The van der Waals surface area contributed by atoms with Crippen molar-refractivity contribution in [2.24, 2.45) is 5.92 Å². The Bertz CT molecular complexity index is 960. The molecule has 1 aliphatic heterocycles. The summed E-state index contributed by atoms with van der Waals surface area (Å²) < 4.78 is 0. The molecule has 0 bridgehead atoms. The summed E-state index contributed by atoms with van der Waals surface area (Å²) in [5.74, 6) is 0.243. The van der Waals surface area contributed by atoms with Crippen LogP contribution in [-0.2, 0) is 14.4 Å². The maximum Gasteiger partial charge on any atom is 0.246 e. The lowest BCUT2D eigenvalue weighted by Gasteiger charge is -2.34. The van der Waals surface area contributed by atoms with Crippen molar-refractivity contribution in [2.45, 2.75) is 19.8 Å². The van der Waals surface area contributed by atoms with Crippen LogP contribution in [0.4, 0.5) is 10.8 Å². The van der Waals surface area contributed by atoms with Crippen molar-refractivity contribution in [2.75, 3.05) is 31.1 Å². The molecule has 2 heterocycles. The van der Waals surface area contributed by atoms with E-state index in [-0.39, 0.29) is 23.6 Å². The molecule has 0 atom stereocenters. The lowest BCUT2D eigenvalue weighted by molar-refractivity contribution is -0.138. The van der Waals surface area contributed by atoms with Gasteiger partial charge in [-0.05, 0) is 31.1 Å². The molecular formula is C22H24N4O3S. The molecule has 0 N–H and O–H groups in total. The Labute approximate surface area is 179 Å². The van der Waals surface area contributed by atoms with Gasteiger partial charge in [0.2, 0.25) is 17.7 Å². The van der Waals surface area contributed by atoms with Crippen molar-refractivity contribution < 1.29 is 14.4 Å². The van der Waals surface area contributed by atoms with Crippen molar-refractivity contribution in [3.8, 4) is 0 Å². The van der Waals surface area contributed by atoms with E-state index in [1.165, 1.54) is 24.3 Å². The zero-order valence-corrected chi connectivity index (χ0v) is 17.7. The maximum absolute atomic E-state index is 12.5. The average molecular weight is 425 g/mol. The minimum absolute atomic E-state index is 0.0884. The van der Waals surface area contributed by atoms with E-state index in [4.69, 9.17) is 0 Å². The second-order valence-corrected chi connectivity index (χ2v) is 8.34. The molecule has 2 aromatic rings. The van der Waals surface area contributed by atoms with E-state index in [1.54, 1.807) is 15.9 Å². The fourth-order valence-corrected chi connectivity index (χ4v) is 4.31. The van der Waals surface area contributed by atoms with Crippen LogP contribution in [0.3, 0.4) is 0 Å². The number of nitrogens with zero attached hydrogens (tertiary/aromatic N) is 4. The summed E-state index contributed by atoms with van der Waals surface area (Å²) >= 11 is 1.35. The number of hydrogen-bond acceptors (Lipinski definition) is 5. The van der Waals surface area contributed by atoms with Gasteiger partial charge in [0.05, 0.1) is 11.4 Å². The van der Waals surface area contributed by atoms with Gasteiger partial charge in [-0.1, -0.05) is 18.2 Å². The van der Waals surface area contributed by atoms with Crippen LogP contribution in [0.25, 0.3) is 6.08 Å². The van der Waals surface area contributed by atoms with Gasteiger partial charge >= 0.3 is 0 Å². The molecule has 3 amide bonds. The lowest BCUT2D eigenvalue weighted by atomic mass is 10.2. The number of piperazine rings is 1. The SMILES string of the molecule is CC(=O)N(c1ccccc1)c1nc(C=CC(=O)N2CCN(C(=O)C3CC3)CC2)cs1. The third-order valence-corrected chi connectivity index (χ3v) is 6.10. The van der Waals surface area contributed by atoms with E-state index < -0.39 is 0 Å². The summed E-state index contributed by atoms with van der Waals surface area (Å²) in [6.45, 7) is 3.80. The lowest BCUT2D eigenvalue weighted by Crippen LogP contribution is -2.50. The highest BCUT2D eigenvalue weighted by Gasteiger charge is 2.34. The van der Waals surface area contributed by atoms with Crippen molar-refractivity contribution in [3.05, 3.63) is 47.5 Å². The van der Waals surface area contributed by atoms with Gasteiger partial charge in [0.25, 0.3) is 0 Å². The number of para-hydroxylation sites is 1. The van der Waals surface area contributed by atoms with Crippen molar-refractivity contribution in [1.82, 2.24) is 14.8 Å². The summed E-state index contributed by atoms with van der Waals surface area (Å²) in [5.41, 5.74) is 1.39. The molecule has 1 saturated heterocycles. The third kappa shape index (κ3) is 4.59. The summed E-state index contributed by atoms with van der Waals surface area (Å²) in [4.78, 5) is 46.5. The molecule has 0 unspecified atom stereocenters.